The highest BCUT2D eigenvalue weighted by molar-refractivity contribution is 6.33. The summed E-state index contributed by atoms with van der Waals surface area (Å²) in [6.07, 6.45) is 4.60. The lowest BCUT2D eigenvalue weighted by Crippen LogP contribution is -2.47. The molecule has 2 unspecified atom stereocenters. The fourth-order valence-electron chi connectivity index (χ4n) is 3.43. The van der Waals surface area contributed by atoms with Gasteiger partial charge >= 0.3 is 0 Å². The van der Waals surface area contributed by atoms with Crippen molar-refractivity contribution in [3.05, 3.63) is 23.2 Å². The van der Waals surface area contributed by atoms with Gasteiger partial charge in [0.15, 0.2) is 0 Å². The largest absolute Gasteiger partial charge is 0.497 e. The number of halogens is 1. The number of hydrogen-bond donors (Lipinski definition) is 1. The summed E-state index contributed by atoms with van der Waals surface area (Å²) in [7, 11) is 1.69. The minimum Gasteiger partial charge on any atom is -0.497 e. The monoisotopic (exact) mass is 266 g/mol. The van der Waals surface area contributed by atoms with E-state index in [0.29, 0.717) is 18.1 Å². The first kappa shape index (κ1) is 12.1. The topological polar surface area (TPSA) is 38.5 Å². The quantitative estimate of drug-likeness (QED) is 0.895. The summed E-state index contributed by atoms with van der Waals surface area (Å²) in [5, 5.41) is 0.808. The van der Waals surface area contributed by atoms with Gasteiger partial charge < -0.3 is 15.4 Å². The van der Waals surface area contributed by atoms with Crippen molar-refractivity contribution in [3.8, 4) is 5.75 Å². The second-order valence-corrected chi connectivity index (χ2v) is 5.75. The van der Waals surface area contributed by atoms with Crippen LogP contribution in [0.2, 0.25) is 5.02 Å². The Balaban J connectivity index is 1.95. The molecule has 3 nitrogen and oxygen atoms in total. The van der Waals surface area contributed by atoms with Crippen LogP contribution in [0.4, 0.5) is 5.69 Å². The van der Waals surface area contributed by atoms with Crippen LogP contribution in [0.5, 0.6) is 5.75 Å². The fraction of sp³-hybridized carbons (Fsp3) is 0.571. The van der Waals surface area contributed by atoms with Crippen molar-refractivity contribution >= 4 is 17.3 Å². The van der Waals surface area contributed by atoms with Crippen LogP contribution in [0.15, 0.2) is 18.2 Å². The summed E-state index contributed by atoms with van der Waals surface area (Å²) in [6.45, 7) is 0. The van der Waals surface area contributed by atoms with Gasteiger partial charge in [0.1, 0.15) is 5.75 Å². The van der Waals surface area contributed by atoms with E-state index in [0.717, 1.165) is 29.3 Å². The van der Waals surface area contributed by atoms with Gasteiger partial charge in [0, 0.05) is 24.2 Å². The molecule has 0 spiro atoms. The average Bonchev–Trinajstić information content (AvgIpc) is 2.63. The van der Waals surface area contributed by atoms with E-state index in [4.69, 9.17) is 22.1 Å². The van der Waals surface area contributed by atoms with Crippen molar-refractivity contribution in [2.75, 3.05) is 12.0 Å². The molecule has 1 aromatic carbocycles. The van der Waals surface area contributed by atoms with Crippen LogP contribution in [0.25, 0.3) is 0 Å². The second kappa shape index (κ2) is 4.63. The number of hydrogen-bond acceptors (Lipinski definition) is 3. The molecular weight excluding hydrogens is 248 g/mol. The highest BCUT2D eigenvalue weighted by atomic mass is 35.5. The van der Waals surface area contributed by atoms with E-state index in [2.05, 4.69) is 4.90 Å². The van der Waals surface area contributed by atoms with Crippen LogP contribution in [-0.2, 0) is 0 Å². The molecule has 2 atom stereocenters. The molecule has 0 radical (unpaired) electrons. The molecule has 2 fully saturated rings. The van der Waals surface area contributed by atoms with Crippen molar-refractivity contribution in [2.24, 2.45) is 5.73 Å². The average molecular weight is 267 g/mol. The zero-order valence-corrected chi connectivity index (χ0v) is 11.4. The zero-order valence-electron chi connectivity index (χ0n) is 10.6. The van der Waals surface area contributed by atoms with Gasteiger partial charge in [-0.2, -0.15) is 0 Å². The molecule has 2 N–H and O–H groups in total. The van der Waals surface area contributed by atoms with Crippen LogP contribution in [0.3, 0.4) is 0 Å². The number of nitrogens with zero attached hydrogens (tertiary/aromatic N) is 1. The van der Waals surface area contributed by atoms with E-state index in [9.17, 15) is 0 Å². The molecular formula is C14H19ClN2O. The van der Waals surface area contributed by atoms with E-state index >= 15 is 0 Å². The highest BCUT2D eigenvalue weighted by Crippen LogP contribution is 2.42. The number of piperidine rings is 1. The Morgan fingerprint density at radius 1 is 1.28 bits per heavy atom. The first-order valence-corrected chi connectivity index (χ1v) is 6.94. The Bertz CT molecular complexity index is 437. The van der Waals surface area contributed by atoms with E-state index in [1.54, 1.807) is 7.11 Å². The maximum absolute atomic E-state index is 6.35. The number of anilines is 1. The first-order valence-electron chi connectivity index (χ1n) is 6.56. The third-order valence-corrected chi connectivity index (χ3v) is 4.52. The third-order valence-electron chi connectivity index (χ3n) is 4.20. The Kier molecular flexibility index (Phi) is 3.12. The van der Waals surface area contributed by atoms with Crippen LogP contribution in [0, 0.1) is 0 Å². The van der Waals surface area contributed by atoms with Crippen LogP contribution in [-0.4, -0.2) is 25.2 Å². The number of benzene rings is 1. The van der Waals surface area contributed by atoms with Crippen molar-refractivity contribution in [1.29, 1.82) is 0 Å². The van der Waals surface area contributed by atoms with Crippen molar-refractivity contribution in [2.45, 2.75) is 43.8 Å². The predicted octanol–water partition coefficient (Wildman–Crippen LogP) is 2.81. The minimum atomic E-state index is 0.350. The normalized spacial score (nSPS) is 30.6. The lowest BCUT2D eigenvalue weighted by Gasteiger charge is -2.40. The highest BCUT2D eigenvalue weighted by Gasteiger charge is 2.40. The first-order chi connectivity index (χ1) is 8.69. The molecule has 2 bridgehead atoms. The molecule has 98 valence electrons. The summed E-state index contributed by atoms with van der Waals surface area (Å²) in [5.41, 5.74) is 7.21. The standard InChI is InChI=1S/C14H19ClN2O/c1-18-12-4-5-13(15)14(8-12)17-10-2-3-11(17)7-9(16)6-10/h4-5,8-11H,2-3,6-7,16H2,1H3. The van der Waals surface area contributed by atoms with Gasteiger partial charge in [0.2, 0.25) is 0 Å². The van der Waals surface area contributed by atoms with Gasteiger partial charge in [-0.3, -0.25) is 0 Å². The van der Waals surface area contributed by atoms with Crippen molar-refractivity contribution < 1.29 is 4.74 Å². The van der Waals surface area contributed by atoms with Crippen molar-refractivity contribution in [1.82, 2.24) is 0 Å². The Morgan fingerprint density at radius 2 is 1.94 bits per heavy atom. The Hall–Kier alpha value is -0.930. The van der Waals surface area contributed by atoms with Crippen LogP contribution >= 0.6 is 11.6 Å². The molecule has 18 heavy (non-hydrogen) atoms. The van der Waals surface area contributed by atoms with E-state index in [1.165, 1.54) is 12.8 Å². The number of fused-ring (bicyclic) bond motifs is 2. The molecule has 3 rings (SSSR count). The number of methoxy groups -OCH3 is 1. The van der Waals surface area contributed by atoms with Gasteiger partial charge in [-0.25, -0.2) is 0 Å². The molecule has 0 aromatic heterocycles. The van der Waals surface area contributed by atoms with Crippen molar-refractivity contribution in [3.63, 3.8) is 0 Å². The van der Waals surface area contributed by atoms with Gasteiger partial charge in [0.05, 0.1) is 17.8 Å². The van der Waals surface area contributed by atoms with Crippen LogP contribution < -0.4 is 15.4 Å². The van der Waals surface area contributed by atoms with E-state index in [-0.39, 0.29) is 0 Å². The maximum atomic E-state index is 6.35. The van der Waals surface area contributed by atoms with Gasteiger partial charge in [-0.05, 0) is 37.8 Å². The molecule has 2 saturated heterocycles. The predicted molar refractivity (Wildman–Crippen MR) is 74.5 cm³/mol. The lowest BCUT2D eigenvalue weighted by atomic mass is 9.97. The number of rotatable bonds is 2. The van der Waals surface area contributed by atoms with E-state index in [1.807, 2.05) is 18.2 Å². The lowest BCUT2D eigenvalue weighted by molar-refractivity contribution is 0.407. The summed E-state index contributed by atoms with van der Waals surface area (Å²) >= 11 is 6.35. The molecule has 0 aliphatic carbocycles. The summed E-state index contributed by atoms with van der Waals surface area (Å²) in [4.78, 5) is 2.47. The molecule has 4 heteroatoms. The number of nitrogens with two attached hydrogens (primary N) is 1. The summed E-state index contributed by atoms with van der Waals surface area (Å²) in [6, 6.07) is 7.31. The molecule has 0 saturated carbocycles. The molecule has 0 amide bonds. The molecule has 2 aliphatic heterocycles. The Morgan fingerprint density at radius 3 is 2.56 bits per heavy atom. The third kappa shape index (κ3) is 1.95. The molecule has 2 heterocycles. The SMILES string of the molecule is COc1ccc(Cl)c(N2C3CCC2CC(N)C3)c1. The smallest absolute Gasteiger partial charge is 0.121 e. The Labute approximate surface area is 113 Å². The number of ether oxygens (including phenoxy) is 1. The van der Waals surface area contributed by atoms with Gasteiger partial charge in [0.25, 0.3) is 0 Å². The summed E-state index contributed by atoms with van der Waals surface area (Å²) < 4.78 is 5.30. The van der Waals surface area contributed by atoms with Gasteiger partial charge in [-0.15, -0.1) is 0 Å². The molecule has 1 aromatic rings. The maximum Gasteiger partial charge on any atom is 0.121 e. The molecule has 2 aliphatic rings. The minimum absolute atomic E-state index is 0.350. The zero-order chi connectivity index (χ0) is 12.7. The van der Waals surface area contributed by atoms with Crippen LogP contribution in [0.1, 0.15) is 25.7 Å². The second-order valence-electron chi connectivity index (χ2n) is 5.34. The van der Waals surface area contributed by atoms with E-state index < -0.39 is 0 Å². The summed E-state index contributed by atoms with van der Waals surface area (Å²) in [5.74, 6) is 0.865. The fourth-order valence-corrected chi connectivity index (χ4v) is 3.64. The van der Waals surface area contributed by atoms with Gasteiger partial charge in [-0.1, -0.05) is 11.6 Å².